The minimum absolute atomic E-state index is 0.0447. The van der Waals surface area contributed by atoms with Gasteiger partial charge in [-0.2, -0.15) is 0 Å². The first-order valence-electron chi connectivity index (χ1n) is 7.08. The van der Waals surface area contributed by atoms with E-state index in [1.165, 1.54) is 4.31 Å². The molecule has 0 aliphatic carbocycles. The number of carboxylic acids is 1. The third-order valence-electron chi connectivity index (χ3n) is 3.97. The first-order chi connectivity index (χ1) is 10.8. The zero-order chi connectivity index (χ0) is 16.8. The number of nitrogens with zero attached hydrogens (tertiary/aromatic N) is 2. The Kier molecular flexibility index (Phi) is 3.63. The molecular weight excluding hydrogens is 320 g/mol. The van der Waals surface area contributed by atoms with Crippen molar-refractivity contribution in [2.45, 2.75) is 31.1 Å². The predicted molar refractivity (Wildman–Crippen MR) is 81.9 cm³/mol. The van der Waals surface area contributed by atoms with Crippen molar-refractivity contribution in [2.24, 2.45) is 0 Å². The van der Waals surface area contributed by atoms with Crippen LogP contribution in [0, 0.1) is 13.8 Å². The molecule has 1 atom stereocenters. The van der Waals surface area contributed by atoms with Crippen molar-refractivity contribution < 1.29 is 22.8 Å². The quantitative estimate of drug-likeness (QED) is 0.917. The summed E-state index contributed by atoms with van der Waals surface area (Å²) < 4.78 is 32.2. The zero-order valence-corrected chi connectivity index (χ0v) is 13.5. The lowest BCUT2D eigenvalue weighted by molar-refractivity contribution is -0.137. The van der Waals surface area contributed by atoms with E-state index in [0.717, 1.165) is 5.56 Å². The van der Waals surface area contributed by atoms with E-state index in [1.807, 2.05) is 0 Å². The van der Waals surface area contributed by atoms with E-state index in [9.17, 15) is 13.2 Å². The number of carboxylic acid groups (broad SMARTS) is 1. The van der Waals surface area contributed by atoms with Gasteiger partial charge in [-0.05, 0) is 25.5 Å². The third kappa shape index (κ3) is 2.48. The average Bonchev–Trinajstić information content (AvgIpc) is 3.00. The summed E-state index contributed by atoms with van der Waals surface area (Å²) in [5, 5.41) is 12.8. The van der Waals surface area contributed by atoms with Crippen molar-refractivity contribution in [3.63, 3.8) is 0 Å². The van der Waals surface area contributed by atoms with Gasteiger partial charge in [0, 0.05) is 12.5 Å². The molecule has 1 aliphatic heterocycles. The molecule has 0 saturated heterocycles. The lowest BCUT2D eigenvalue weighted by atomic mass is 9.98. The van der Waals surface area contributed by atoms with Gasteiger partial charge in [-0.15, -0.1) is 0 Å². The van der Waals surface area contributed by atoms with Crippen LogP contribution < -0.4 is 4.31 Å². The molecule has 8 heteroatoms. The number of hydrogen-bond acceptors (Lipinski definition) is 5. The Hall–Kier alpha value is -2.35. The maximum atomic E-state index is 13.0. The smallest absolute Gasteiger partial charge is 0.304 e. The lowest BCUT2D eigenvalue weighted by Gasteiger charge is -2.19. The molecule has 0 unspecified atom stereocenters. The van der Waals surface area contributed by atoms with Gasteiger partial charge >= 0.3 is 5.97 Å². The molecule has 0 saturated carbocycles. The summed E-state index contributed by atoms with van der Waals surface area (Å²) in [6, 6.07) is 6.97. The molecule has 0 bridgehead atoms. The highest BCUT2D eigenvalue weighted by atomic mass is 32.2. The highest BCUT2D eigenvalue weighted by molar-refractivity contribution is 7.93. The molecule has 1 N–H and O–H groups in total. The molecule has 23 heavy (non-hydrogen) atoms. The van der Waals surface area contributed by atoms with E-state index in [2.05, 4.69) is 5.16 Å². The van der Waals surface area contributed by atoms with Gasteiger partial charge in [0.1, 0.15) is 5.69 Å². The van der Waals surface area contributed by atoms with Gasteiger partial charge in [0.25, 0.3) is 10.0 Å². The molecule has 0 radical (unpaired) electrons. The molecule has 0 amide bonds. The minimum atomic E-state index is -3.85. The van der Waals surface area contributed by atoms with Gasteiger partial charge in [0.05, 0.1) is 12.1 Å². The molecule has 1 aromatic heterocycles. The fourth-order valence-corrected chi connectivity index (χ4v) is 4.86. The summed E-state index contributed by atoms with van der Waals surface area (Å²) in [6.07, 6.45) is -0.120. The van der Waals surface area contributed by atoms with Crippen LogP contribution in [0.5, 0.6) is 0 Å². The highest BCUT2D eigenvalue weighted by Gasteiger charge is 2.39. The first kappa shape index (κ1) is 15.5. The van der Waals surface area contributed by atoms with Crippen LogP contribution in [-0.4, -0.2) is 31.2 Å². The molecule has 1 aliphatic rings. The van der Waals surface area contributed by atoms with Crippen molar-refractivity contribution in [3.8, 4) is 0 Å². The summed E-state index contributed by atoms with van der Waals surface area (Å²) in [7, 11) is -3.85. The van der Waals surface area contributed by atoms with Gasteiger partial charge in [0.15, 0.2) is 10.7 Å². The van der Waals surface area contributed by atoms with Gasteiger partial charge < -0.3 is 9.63 Å². The Labute approximate surface area is 133 Å². The van der Waals surface area contributed by atoms with Gasteiger partial charge in [-0.3, -0.25) is 9.10 Å². The van der Waals surface area contributed by atoms with Gasteiger partial charge in [-0.25, -0.2) is 8.42 Å². The second kappa shape index (κ2) is 5.38. The van der Waals surface area contributed by atoms with Crippen LogP contribution in [0.25, 0.3) is 0 Å². The van der Waals surface area contributed by atoms with Crippen LogP contribution >= 0.6 is 0 Å². The fraction of sp³-hybridized carbons (Fsp3) is 0.333. The van der Waals surface area contributed by atoms with Crippen molar-refractivity contribution in [1.29, 1.82) is 0 Å². The normalized spacial score (nSPS) is 17.3. The summed E-state index contributed by atoms with van der Waals surface area (Å²) >= 11 is 0. The molecule has 0 fully saturated rings. The summed E-state index contributed by atoms with van der Waals surface area (Å²) in [4.78, 5) is 11.1. The average molecular weight is 336 g/mol. The van der Waals surface area contributed by atoms with E-state index in [-0.39, 0.29) is 29.5 Å². The van der Waals surface area contributed by atoms with E-state index in [4.69, 9.17) is 9.63 Å². The number of para-hydroxylation sites is 1. The molecule has 7 nitrogen and oxygen atoms in total. The Morgan fingerprint density at radius 1 is 1.39 bits per heavy atom. The number of fused-ring (bicyclic) bond motifs is 1. The molecule has 2 heterocycles. The predicted octanol–water partition coefficient (Wildman–Crippen LogP) is 2.06. The first-order valence-corrected chi connectivity index (χ1v) is 8.52. The number of sulfonamides is 1. The standard InChI is InChI=1S/C15H16N2O5S/c1-9-15(10(2)22-16-9)23(20,21)17-8-11(7-14(18)19)12-5-3-4-6-13(12)17/h3-6,11H,7-8H2,1-2H3,(H,18,19)/t11-/m1/s1. The monoisotopic (exact) mass is 336 g/mol. The Balaban J connectivity index is 2.09. The third-order valence-corrected chi connectivity index (χ3v) is 5.99. The number of anilines is 1. The van der Waals surface area contributed by atoms with Crippen LogP contribution in [0.3, 0.4) is 0 Å². The zero-order valence-electron chi connectivity index (χ0n) is 12.7. The topological polar surface area (TPSA) is 101 Å². The van der Waals surface area contributed by atoms with Crippen LogP contribution in [0.4, 0.5) is 5.69 Å². The summed E-state index contributed by atoms with van der Waals surface area (Å²) in [6.45, 7) is 3.21. The highest BCUT2D eigenvalue weighted by Crippen LogP contribution is 2.41. The van der Waals surface area contributed by atoms with Gasteiger partial charge in [0.2, 0.25) is 0 Å². The van der Waals surface area contributed by atoms with E-state index in [0.29, 0.717) is 11.4 Å². The molecule has 2 aromatic rings. The van der Waals surface area contributed by atoms with Crippen molar-refractivity contribution >= 4 is 21.7 Å². The molecular formula is C15H16N2O5S. The number of aryl methyl sites for hydroxylation is 2. The van der Waals surface area contributed by atoms with E-state index < -0.39 is 16.0 Å². The van der Waals surface area contributed by atoms with Crippen molar-refractivity contribution in [3.05, 3.63) is 41.3 Å². The summed E-state index contributed by atoms with van der Waals surface area (Å²) in [5.74, 6) is -1.11. The largest absolute Gasteiger partial charge is 0.481 e. The van der Waals surface area contributed by atoms with Crippen molar-refractivity contribution in [2.75, 3.05) is 10.8 Å². The Bertz CT molecular complexity index is 852. The maximum Gasteiger partial charge on any atom is 0.304 e. The molecule has 3 rings (SSSR count). The number of aromatic nitrogens is 1. The molecule has 0 spiro atoms. The van der Waals surface area contributed by atoms with Crippen molar-refractivity contribution in [1.82, 2.24) is 5.16 Å². The molecule has 1 aromatic carbocycles. The van der Waals surface area contributed by atoms with Crippen LogP contribution in [-0.2, 0) is 14.8 Å². The number of benzene rings is 1. The van der Waals surface area contributed by atoms with Crippen LogP contribution in [0.2, 0.25) is 0 Å². The second-order valence-corrected chi connectivity index (χ2v) is 7.34. The maximum absolute atomic E-state index is 13.0. The van der Waals surface area contributed by atoms with E-state index >= 15 is 0 Å². The number of aliphatic carboxylic acids is 1. The SMILES string of the molecule is Cc1noc(C)c1S(=O)(=O)N1C[C@@H](CC(=O)O)c2ccccc21. The Morgan fingerprint density at radius 3 is 2.70 bits per heavy atom. The van der Waals surface area contributed by atoms with Crippen LogP contribution in [0.1, 0.15) is 29.4 Å². The Morgan fingerprint density at radius 2 is 2.09 bits per heavy atom. The minimum Gasteiger partial charge on any atom is -0.481 e. The molecule has 122 valence electrons. The summed E-state index contributed by atoms with van der Waals surface area (Å²) in [5.41, 5.74) is 1.53. The van der Waals surface area contributed by atoms with Gasteiger partial charge in [-0.1, -0.05) is 23.4 Å². The number of hydrogen-bond donors (Lipinski definition) is 1. The lowest BCUT2D eigenvalue weighted by Crippen LogP contribution is -2.31. The number of carbonyl (C=O) groups is 1. The van der Waals surface area contributed by atoms with E-state index in [1.54, 1.807) is 38.1 Å². The van der Waals surface area contributed by atoms with Crippen LogP contribution in [0.15, 0.2) is 33.7 Å². The second-order valence-electron chi connectivity index (χ2n) is 5.54. The fourth-order valence-electron chi connectivity index (χ4n) is 3.02. The number of rotatable bonds is 4.